The number of nitrogens with one attached hydrogen (secondary N) is 1. The van der Waals surface area contributed by atoms with Gasteiger partial charge in [0.05, 0.1) is 22.0 Å². The van der Waals surface area contributed by atoms with E-state index in [0.29, 0.717) is 5.69 Å². The van der Waals surface area contributed by atoms with Crippen LogP contribution in [-0.2, 0) is 6.18 Å². The van der Waals surface area contributed by atoms with Gasteiger partial charge in [0.25, 0.3) is 5.91 Å². The van der Waals surface area contributed by atoms with Gasteiger partial charge in [0.15, 0.2) is 0 Å². The van der Waals surface area contributed by atoms with Crippen molar-refractivity contribution in [3.8, 4) is 0 Å². The van der Waals surface area contributed by atoms with Crippen LogP contribution in [0.3, 0.4) is 0 Å². The number of alkyl halides is 3. The Morgan fingerprint density at radius 2 is 1.83 bits per heavy atom. The summed E-state index contributed by atoms with van der Waals surface area (Å²) in [5.74, 6) is -0.759. The Morgan fingerprint density at radius 3 is 2.42 bits per heavy atom. The van der Waals surface area contributed by atoms with Gasteiger partial charge in [-0.15, -0.1) is 0 Å². The zero-order valence-electron chi connectivity index (χ0n) is 12.6. The number of amides is 1. The van der Waals surface area contributed by atoms with Crippen LogP contribution in [0.5, 0.6) is 0 Å². The van der Waals surface area contributed by atoms with Crippen molar-refractivity contribution in [2.24, 2.45) is 0 Å². The first-order valence-electron chi connectivity index (χ1n) is 6.61. The second kappa shape index (κ2) is 6.86. The number of halogens is 5. The van der Waals surface area contributed by atoms with Gasteiger partial charge in [-0.1, -0.05) is 23.2 Å². The Bertz CT molecular complexity index is 779. The van der Waals surface area contributed by atoms with Crippen molar-refractivity contribution in [2.45, 2.75) is 6.18 Å². The average Bonchev–Trinajstić information content (AvgIpc) is 2.48. The van der Waals surface area contributed by atoms with E-state index < -0.39 is 17.6 Å². The van der Waals surface area contributed by atoms with Crippen molar-refractivity contribution in [2.75, 3.05) is 24.3 Å². The van der Waals surface area contributed by atoms with Gasteiger partial charge in [0, 0.05) is 14.1 Å². The van der Waals surface area contributed by atoms with E-state index in [-0.39, 0.29) is 21.6 Å². The van der Waals surface area contributed by atoms with Gasteiger partial charge in [0.1, 0.15) is 10.8 Å². The number of nitrogens with zero attached hydrogens (tertiary/aromatic N) is 2. The summed E-state index contributed by atoms with van der Waals surface area (Å²) in [6, 6.07) is 5.84. The molecule has 1 aromatic heterocycles. The second-order valence-corrected chi connectivity index (χ2v) is 5.84. The lowest BCUT2D eigenvalue weighted by Crippen LogP contribution is -2.19. The normalized spacial score (nSPS) is 11.3. The van der Waals surface area contributed by atoms with Crippen molar-refractivity contribution < 1.29 is 18.0 Å². The summed E-state index contributed by atoms with van der Waals surface area (Å²) in [6.07, 6.45) is -4.53. The maximum Gasteiger partial charge on any atom is 0.416 e. The third-order valence-corrected chi connectivity index (χ3v) is 3.60. The molecule has 128 valence electrons. The first-order chi connectivity index (χ1) is 11.1. The number of hydrogen-bond donors (Lipinski definition) is 1. The first kappa shape index (κ1) is 18.4. The molecule has 0 radical (unpaired) electrons. The molecule has 0 unspecified atom stereocenters. The number of benzene rings is 1. The largest absolute Gasteiger partial charge is 0.416 e. The molecule has 0 spiro atoms. The fourth-order valence-electron chi connectivity index (χ4n) is 1.96. The van der Waals surface area contributed by atoms with Crippen LogP contribution in [-0.4, -0.2) is 25.0 Å². The molecule has 1 aromatic carbocycles. The lowest BCUT2D eigenvalue weighted by molar-refractivity contribution is -0.137. The molecule has 0 aliphatic carbocycles. The molecule has 0 aliphatic rings. The van der Waals surface area contributed by atoms with E-state index in [2.05, 4.69) is 10.3 Å². The third-order valence-electron chi connectivity index (χ3n) is 3.08. The fraction of sp³-hybridized carbons (Fsp3) is 0.200. The molecule has 0 bridgehead atoms. The topological polar surface area (TPSA) is 45.2 Å². The van der Waals surface area contributed by atoms with Gasteiger partial charge in [-0.2, -0.15) is 13.2 Å². The zero-order chi connectivity index (χ0) is 18.1. The fourth-order valence-corrected chi connectivity index (χ4v) is 2.30. The Kier molecular flexibility index (Phi) is 5.25. The highest BCUT2D eigenvalue weighted by molar-refractivity contribution is 6.35. The molecular formula is C15H12Cl2F3N3O. The summed E-state index contributed by atoms with van der Waals surface area (Å²) >= 11 is 11.6. The van der Waals surface area contributed by atoms with Crippen LogP contribution in [0.25, 0.3) is 0 Å². The Morgan fingerprint density at radius 1 is 1.17 bits per heavy atom. The van der Waals surface area contributed by atoms with Crippen LogP contribution in [0, 0.1) is 0 Å². The molecule has 4 nitrogen and oxygen atoms in total. The number of anilines is 2. The van der Waals surface area contributed by atoms with Gasteiger partial charge in [-0.05, 0) is 30.3 Å². The van der Waals surface area contributed by atoms with Crippen LogP contribution in [0.1, 0.15) is 16.1 Å². The van der Waals surface area contributed by atoms with E-state index in [0.717, 1.165) is 12.1 Å². The number of hydrogen-bond acceptors (Lipinski definition) is 3. The quantitative estimate of drug-likeness (QED) is 0.786. The molecule has 24 heavy (non-hydrogen) atoms. The highest BCUT2D eigenvalue weighted by Crippen LogP contribution is 2.35. The van der Waals surface area contributed by atoms with Crippen molar-refractivity contribution in [1.29, 1.82) is 0 Å². The predicted molar refractivity (Wildman–Crippen MR) is 88.0 cm³/mol. The summed E-state index contributed by atoms with van der Waals surface area (Å²) < 4.78 is 38.7. The molecule has 0 saturated heterocycles. The summed E-state index contributed by atoms with van der Waals surface area (Å²) in [5, 5.41) is 2.48. The van der Waals surface area contributed by atoms with E-state index in [1.54, 1.807) is 19.0 Å². The summed E-state index contributed by atoms with van der Waals surface area (Å²) in [4.78, 5) is 17.7. The number of rotatable bonds is 3. The highest BCUT2D eigenvalue weighted by atomic mass is 35.5. The van der Waals surface area contributed by atoms with Crippen LogP contribution in [0.4, 0.5) is 24.5 Å². The van der Waals surface area contributed by atoms with Gasteiger partial charge >= 0.3 is 6.18 Å². The van der Waals surface area contributed by atoms with Crippen molar-refractivity contribution in [1.82, 2.24) is 4.98 Å². The smallest absolute Gasteiger partial charge is 0.376 e. The van der Waals surface area contributed by atoms with Gasteiger partial charge < -0.3 is 10.2 Å². The minimum Gasteiger partial charge on any atom is -0.376 e. The van der Waals surface area contributed by atoms with Gasteiger partial charge in [-0.25, -0.2) is 4.98 Å². The molecule has 1 N–H and O–H groups in total. The van der Waals surface area contributed by atoms with Crippen molar-refractivity contribution in [3.63, 3.8) is 0 Å². The number of pyridine rings is 1. The molecule has 0 atom stereocenters. The van der Waals surface area contributed by atoms with Gasteiger partial charge in [-0.3, -0.25) is 4.79 Å². The average molecular weight is 378 g/mol. The van der Waals surface area contributed by atoms with E-state index in [1.165, 1.54) is 18.2 Å². The summed E-state index contributed by atoms with van der Waals surface area (Å²) in [7, 11) is 3.28. The second-order valence-electron chi connectivity index (χ2n) is 5.04. The summed E-state index contributed by atoms with van der Waals surface area (Å²) in [5.41, 5.74) is -0.674. The molecule has 1 amide bonds. The van der Waals surface area contributed by atoms with E-state index in [9.17, 15) is 18.0 Å². The minimum absolute atomic E-state index is 0.0160. The lowest BCUT2D eigenvalue weighted by atomic mass is 10.1. The van der Waals surface area contributed by atoms with Crippen LogP contribution in [0.2, 0.25) is 10.2 Å². The van der Waals surface area contributed by atoms with Crippen LogP contribution >= 0.6 is 23.2 Å². The van der Waals surface area contributed by atoms with E-state index in [1.807, 2.05) is 0 Å². The number of carbonyl (C=O) groups is 1. The SMILES string of the molecule is CN(C)c1ccc(C(F)(F)F)cc1NC(=O)c1nc(Cl)ccc1Cl. The molecule has 9 heteroatoms. The number of carbonyl (C=O) groups excluding carboxylic acids is 1. The van der Waals surface area contributed by atoms with Crippen molar-refractivity contribution >= 4 is 40.5 Å². The monoisotopic (exact) mass is 377 g/mol. The zero-order valence-corrected chi connectivity index (χ0v) is 14.1. The predicted octanol–water partition coefficient (Wildman–Crippen LogP) is 4.73. The number of aromatic nitrogens is 1. The summed E-state index contributed by atoms with van der Waals surface area (Å²) in [6.45, 7) is 0. The molecule has 2 aromatic rings. The minimum atomic E-state index is -4.53. The Hall–Kier alpha value is -1.99. The Balaban J connectivity index is 2.43. The van der Waals surface area contributed by atoms with E-state index in [4.69, 9.17) is 23.2 Å². The maximum atomic E-state index is 12.9. The molecule has 0 fully saturated rings. The lowest BCUT2D eigenvalue weighted by Gasteiger charge is -2.19. The Labute approximate surface area is 146 Å². The van der Waals surface area contributed by atoms with E-state index >= 15 is 0 Å². The highest BCUT2D eigenvalue weighted by Gasteiger charge is 2.31. The molecule has 2 rings (SSSR count). The molecular weight excluding hydrogens is 366 g/mol. The molecule has 1 heterocycles. The van der Waals surface area contributed by atoms with Gasteiger partial charge in [0.2, 0.25) is 0 Å². The standard InChI is InChI=1S/C15H12Cl2F3N3O/c1-23(2)11-5-3-8(15(18,19)20)7-10(11)21-14(24)13-9(16)4-6-12(17)22-13/h3-7H,1-2H3,(H,21,24). The van der Waals surface area contributed by atoms with Crippen molar-refractivity contribution in [3.05, 3.63) is 51.8 Å². The van der Waals surface area contributed by atoms with Crippen LogP contribution in [0.15, 0.2) is 30.3 Å². The van der Waals surface area contributed by atoms with Crippen LogP contribution < -0.4 is 10.2 Å². The first-order valence-corrected chi connectivity index (χ1v) is 7.37. The molecule has 0 aliphatic heterocycles. The third kappa shape index (κ3) is 4.10. The maximum absolute atomic E-state index is 12.9. The molecule has 0 saturated carbocycles.